The van der Waals surface area contributed by atoms with Crippen LogP contribution in [0.5, 0.6) is 0 Å². The van der Waals surface area contributed by atoms with Crippen molar-refractivity contribution in [1.29, 1.82) is 0 Å². The minimum atomic E-state index is -0.525. The van der Waals surface area contributed by atoms with E-state index in [1.54, 1.807) is 0 Å². The van der Waals surface area contributed by atoms with E-state index in [4.69, 9.17) is 9.26 Å². The van der Waals surface area contributed by atoms with Crippen molar-refractivity contribution in [3.05, 3.63) is 23.3 Å². The Labute approximate surface area is 95.2 Å². The number of nitrogens with zero attached hydrogens (tertiary/aromatic N) is 2. The van der Waals surface area contributed by atoms with Crippen LogP contribution in [0.15, 0.2) is 22.0 Å². The number of carbonyl (C=O) groups excluding carboxylic acids is 1. The Hall–Kier alpha value is -1.89. The second-order valence-corrected chi connectivity index (χ2v) is 3.77. The van der Waals surface area contributed by atoms with E-state index >= 15 is 0 Å². The maximum Gasteiger partial charge on any atom is 0.407 e. The molecule has 0 fully saturated rings. The number of rotatable bonds is 3. The predicted octanol–water partition coefficient (Wildman–Crippen LogP) is 1.65. The lowest BCUT2D eigenvalue weighted by atomic mass is 10.5. The summed E-state index contributed by atoms with van der Waals surface area (Å²) in [5.74, 6) is 0.775. The van der Waals surface area contributed by atoms with Gasteiger partial charge < -0.3 is 14.6 Å². The molecule has 0 aliphatic carbocycles. The zero-order valence-electron chi connectivity index (χ0n) is 8.47. The molecule has 0 atom stereocenters. The molecule has 2 rings (SSSR count). The number of carbonyl (C=O) groups is 1. The third-order valence-corrected chi connectivity index (χ3v) is 2.59. The van der Waals surface area contributed by atoms with E-state index < -0.39 is 6.09 Å². The van der Waals surface area contributed by atoms with E-state index in [1.807, 2.05) is 17.5 Å². The van der Waals surface area contributed by atoms with Crippen molar-refractivity contribution in [1.82, 2.24) is 15.5 Å². The smallest absolute Gasteiger partial charge is 0.407 e. The standard InChI is InChI=1S/C9H9N3O3S/c1-10-9(13)14-5-7-11-8(15-12-7)6-3-2-4-16-6/h2-4H,5H2,1H3,(H,10,13). The number of ether oxygens (including phenoxy) is 1. The number of alkyl carbamates (subject to hydrolysis) is 1. The van der Waals surface area contributed by atoms with Crippen LogP contribution in [0.3, 0.4) is 0 Å². The molecule has 0 bridgehead atoms. The SMILES string of the molecule is CNC(=O)OCc1noc(-c2cccs2)n1. The lowest BCUT2D eigenvalue weighted by molar-refractivity contribution is 0.138. The van der Waals surface area contributed by atoms with Crippen LogP contribution >= 0.6 is 11.3 Å². The van der Waals surface area contributed by atoms with E-state index in [-0.39, 0.29) is 6.61 Å². The molecule has 0 saturated carbocycles. The summed E-state index contributed by atoms with van der Waals surface area (Å²) in [6.07, 6.45) is -0.525. The average Bonchev–Trinajstić information content (AvgIpc) is 2.95. The largest absolute Gasteiger partial charge is 0.441 e. The number of aromatic nitrogens is 2. The molecular formula is C9H9N3O3S. The lowest BCUT2D eigenvalue weighted by Crippen LogP contribution is -2.19. The van der Waals surface area contributed by atoms with Crippen molar-refractivity contribution in [3.8, 4) is 10.8 Å². The van der Waals surface area contributed by atoms with Crippen molar-refractivity contribution < 1.29 is 14.1 Å². The summed E-state index contributed by atoms with van der Waals surface area (Å²) in [6, 6.07) is 3.77. The van der Waals surface area contributed by atoms with Crippen LogP contribution in [-0.2, 0) is 11.3 Å². The van der Waals surface area contributed by atoms with Gasteiger partial charge in [-0.1, -0.05) is 11.2 Å². The van der Waals surface area contributed by atoms with Crippen LogP contribution in [0.2, 0.25) is 0 Å². The first-order chi connectivity index (χ1) is 7.79. The summed E-state index contributed by atoms with van der Waals surface area (Å²) < 4.78 is 9.79. The molecule has 6 nitrogen and oxygen atoms in total. The second kappa shape index (κ2) is 4.75. The number of hydrogen-bond donors (Lipinski definition) is 1. The van der Waals surface area contributed by atoms with Gasteiger partial charge in [-0.2, -0.15) is 4.98 Å². The molecule has 1 N–H and O–H groups in total. The van der Waals surface area contributed by atoms with E-state index in [1.165, 1.54) is 18.4 Å². The van der Waals surface area contributed by atoms with Gasteiger partial charge in [-0.25, -0.2) is 4.79 Å². The first-order valence-electron chi connectivity index (χ1n) is 4.50. The zero-order chi connectivity index (χ0) is 11.4. The fourth-order valence-electron chi connectivity index (χ4n) is 1.02. The molecule has 16 heavy (non-hydrogen) atoms. The van der Waals surface area contributed by atoms with Crippen molar-refractivity contribution in [3.63, 3.8) is 0 Å². The molecule has 0 aliphatic rings. The third kappa shape index (κ3) is 2.37. The monoisotopic (exact) mass is 239 g/mol. The summed E-state index contributed by atoms with van der Waals surface area (Å²) >= 11 is 1.50. The Morgan fingerprint density at radius 3 is 3.25 bits per heavy atom. The Morgan fingerprint density at radius 1 is 1.69 bits per heavy atom. The van der Waals surface area contributed by atoms with E-state index in [0.29, 0.717) is 11.7 Å². The predicted molar refractivity (Wildman–Crippen MR) is 56.9 cm³/mol. The number of nitrogens with one attached hydrogen (secondary N) is 1. The van der Waals surface area contributed by atoms with Gasteiger partial charge in [-0.15, -0.1) is 11.3 Å². The first kappa shape index (κ1) is 10.6. The minimum absolute atomic E-state index is 0.00541. The molecule has 2 heterocycles. The molecule has 7 heteroatoms. The Bertz CT molecular complexity index is 466. The fourth-order valence-corrected chi connectivity index (χ4v) is 1.66. The number of amides is 1. The van der Waals surface area contributed by atoms with Gasteiger partial charge in [0.1, 0.15) is 0 Å². The van der Waals surface area contributed by atoms with Gasteiger partial charge in [-0.3, -0.25) is 0 Å². The van der Waals surface area contributed by atoms with Crippen LogP contribution < -0.4 is 5.32 Å². The molecule has 0 unspecified atom stereocenters. The summed E-state index contributed by atoms with van der Waals surface area (Å²) in [5, 5.41) is 7.94. The summed E-state index contributed by atoms with van der Waals surface area (Å²) in [4.78, 5) is 15.8. The maximum absolute atomic E-state index is 10.8. The van der Waals surface area contributed by atoms with Crippen LogP contribution in [0.4, 0.5) is 4.79 Å². The quantitative estimate of drug-likeness (QED) is 0.881. The zero-order valence-corrected chi connectivity index (χ0v) is 9.28. The average molecular weight is 239 g/mol. The van der Waals surface area contributed by atoms with Gasteiger partial charge in [0, 0.05) is 7.05 Å². The molecular weight excluding hydrogens is 230 g/mol. The van der Waals surface area contributed by atoms with E-state index in [9.17, 15) is 4.79 Å². The summed E-state index contributed by atoms with van der Waals surface area (Å²) in [7, 11) is 1.48. The van der Waals surface area contributed by atoms with Crippen LogP contribution in [0, 0.1) is 0 Å². The molecule has 1 amide bonds. The van der Waals surface area contributed by atoms with Crippen molar-refractivity contribution in [2.75, 3.05) is 7.05 Å². The molecule has 0 spiro atoms. The highest BCUT2D eigenvalue weighted by atomic mass is 32.1. The molecule has 0 saturated heterocycles. The van der Waals surface area contributed by atoms with Crippen LogP contribution in [-0.4, -0.2) is 23.3 Å². The molecule has 2 aromatic heterocycles. The van der Waals surface area contributed by atoms with Crippen molar-refractivity contribution in [2.45, 2.75) is 6.61 Å². The van der Waals surface area contributed by atoms with Gasteiger partial charge in [-0.05, 0) is 11.4 Å². The normalized spacial score (nSPS) is 10.1. The van der Waals surface area contributed by atoms with Crippen molar-refractivity contribution in [2.24, 2.45) is 0 Å². The number of hydrogen-bond acceptors (Lipinski definition) is 6. The molecule has 0 aromatic carbocycles. The van der Waals surface area contributed by atoms with Gasteiger partial charge in [0.2, 0.25) is 5.82 Å². The Balaban J connectivity index is 2.00. The third-order valence-electron chi connectivity index (χ3n) is 1.74. The Kier molecular flexibility index (Phi) is 3.16. The van der Waals surface area contributed by atoms with Gasteiger partial charge in [0.25, 0.3) is 5.89 Å². The van der Waals surface area contributed by atoms with Gasteiger partial charge in [0.15, 0.2) is 6.61 Å². The number of thiophene rings is 1. The van der Waals surface area contributed by atoms with Gasteiger partial charge >= 0.3 is 6.09 Å². The minimum Gasteiger partial charge on any atom is -0.441 e. The lowest BCUT2D eigenvalue weighted by Gasteiger charge is -1.98. The first-order valence-corrected chi connectivity index (χ1v) is 5.38. The van der Waals surface area contributed by atoms with E-state index in [2.05, 4.69) is 15.5 Å². The highest BCUT2D eigenvalue weighted by Gasteiger charge is 2.10. The highest BCUT2D eigenvalue weighted by molar-refractivity contribution is 7.13. The van der Waals surface area contributed by atoms with E-state index in [0.717, 1.165) is 4.88 Å². The van der Waals surface area contributed by atoms with Crippen LogP contribution in [0.25, 0.3) is 10.8 Å². The highest BCUT2D eigenvalue weighted by Crippen LogP contribution is 2.22. The second-order valence-electron chi connectivity index (χ2n) is 2.82. The molecule has 84 valence electrons. The van der Waals surface area contributed by atoms with Crippen molar-refractivity contribution >= 4 is 17.4 Å². The molecule has 0 radical (unpaired) electrons. The van der Waals surface area contributed by atoms with Crippen LogP contribution in [0.1, 0.15) is 5.82 Å². The topological polar surface area (TPSA) is 77.2 Å². The Morgan fingerprint density at radius 2 is 2.56 bits per heavy atom. The fraction of sp³-hybridized carbons (Fsp3) is 0.222. The molecule has 0 aliphatic heterocycles. The van der Waals surface area contributed by atoms with Gasteiger partial charge in [0.05, 0.1) is 4.88 Å². The molecule has 2 aromatic rings. The summed E-state index contributed by atoms with van der Waals surface area (Å²) in [5.41, 5.74) is 0. The maximum atomic E-state index is 10.8. The summed E-state index contributed by atoms with van der Waals surface area (Å²) in [6.45, 7) is -0.00541.